The predicted octanol–water partition coefficient (Wildman–Crippen LogP) is -4.72. The molecular formula is C12H26N4O8. The van der Waals surface area contributed by atoms with Crippen LogP contribution in [-0.2, 0) is 9.59 Å². The molecule has 12 N–H and O–H groups in total. The number of aliphatic hydroxyl groups is 5. The number of aliphatic carboxylic acids is 1. The quantitative estimate of drug-likeness (QED) is 0.0772. The number of rotatable bonds is 10. The number of carbonyl (C=O) groups is 2. The van der Waals surface area contributed by atoms with E-state index in [0.29, 0.717) is 19.4 Å². The Kier molecular flexibility index (Phi) is 13.8. The molecule has 0 amide bonds. The molecular weight excluding hydrogens is 328 g/mol. The van der Waals surface area contributed by atoms with Crippen molar-refractivity contribution in [1.82, 2.24) is 5.32 Å². The topological polar surface area (TPSA) is 243 Å². The summed E-state index contributed by atoms with van der Waals surface area (Å²) < 4.78 is 0. The van der Waals surface area contributed by atoms with Crippen LogP contribution in [0, 0.1) is 5.41 Å². The number of aldehydes is 1. The second-order valence-corrected chi connectivity index (χ2v) is 4.79. The molecule has 0 rings (SSSR count). The largest absolute Gasteiger partial charge is 0.480 e. The lowest BCUT2D eigenvalue weighted by atomic mass is 10.0. The van der Waals surface area contributed by atoms with Gasteiger partial charge in [-0.3, -0.25) is 10.2 Å². The van der Waals surface area contributed by atoms with E-state index >= 15 is 0 Å². The maximum atomic E-state index is 10.2. The smallest absolute Gasteiger partial charge is 0.320 e. The van der Waals surface area contributed by atoms with Gasteiger partial charge < -0.3 is 52.2 Å². The van der Waals surface area contributed by atoms with Crippen LogP contribution in [0.4, 0.5) is 0 Å². The number of hydrogen-bond donors (Lipinski definition) is 10. The predicted molar refractivity (Wildman–Crippen MR) is 81.9 cm³/mol. The van der Waals surface area contributed by atoms with Crippen molar-refractivity contribution in [2.75, 3.05) is 13.2 Å². The third-order valence-corrected chi connectivity index (χ3v) is 2.75. The number of aliphatic hydroxyl groups excluding tert-OH is 5. The van der Waals surface area contributed by atoms with E-state index in [-0.39, 0.29) is 12.2 Å². The number of nitrogens with one attached hydrogen (secondary N) is 2. The van der Waals surface area contributed by atoms with Gasteiger partial charge >= 0.3 is 5.97 Å². The van der Waals surface area contributed by atoms with Gasteiger partial charge in [0.2, 0.25) is 0 Å². The van der Waals surface area contributed by atoms with Gasteiger partial charge in [0.25, 0.3) is 0 Å². The van der Waals surface area contributed by atoms with E-state index in [1.807, 2.05) is 0 Å². The molecule has 0 aliphatic carbocycles. The molecule has 0 saturated carbocycles. The minimum atomic E-state index is -1.79. The number of hydrogen-bond acceptors (Lipinski definition) is 9. The van der Waals surface area contributed by atoms with E-state index in [9.17, 15) is 9.59 Å². The number of guanidine groups is 1. The Balaban J connectivity index is 0. The Morgan fingerprint density at radius 2 is 1.75 bits per heavy atom. The highest BCUT2D eigenvalue weighted by atomic mass is 16.4. The minimum absolute atomic E-state index is 0.0258. The van der Waals surface area contributed by atoms with Crippen molar-refractivity contribution < 1.29 is 40.2 Å². The van der Waals surface area contributed by atoms with Crippen LogP contribution in [0.3, 0.4) is 0 Å². The summed E-state index contributed by atoms with van der Waals surface area (Å²) >= 11 is 0. The highest BCUT2D eigenvalue weighted by Gasteiger charge is 2.29. The summed E-state index contributed by atoms with van der Waals surface area (Å²) in [6.45, 7) is -0.278. The molecule has 0 aromatic carbocycles. The maximum absolute atomic E-state index is 10.2. The van der Waals surface area contributed by atoms with Crippen LogP contribution in [0.25, 0.3) is 0 Å². The van der Waals surface area contributed by atoms with Gasteiger partial charge in [-0.05, 0) is 12.8 Å². The summed E-state index contributed by atoms with van der Waals surface area (Å²) in [5.74, 6) is -1.11. The molecule has 0 aromatic heterocycles. The van der Waals surface area contributed by atoms with E-state index in [1.165, 1.54) is 0 Å². The number of carboxylic acids is 1. The average molecular weight is 354 g/mol. The van der Waals surface area contributed by atoms with Crippen molar-refractivity contribution in [3.63, 3.8) is 0 Å². The molecule has 5 atom stereocenters. The molecule has 0 aliphatic rings. The van der Waals surface area contributed by atoms with Crippen LogP contribution < -0.4 is 16.8 Å². The average Bonchev–Trinajstić information content (AvgIpc) is 2.55. The minimum Gasteiger partial charge on any atom is -0.480 e. The zero-order valence-electron chi connectivity index (χ0n) is 12.9. The summed E-state index contributed by atoms with van der Waals surface area (Å²) in [5.41, 5.74) is 10.2. The lowest BCUT2D eigenvalue weighted by Crippen LogP contribution is -2.46. The fourth-order valence-electron chi connectivity index (χ4n) is 1.29. The monoisotopic (exact) mass is 354 g/mol. The summed E-state index contributed by atoms with van der Waals surface area (Å²) in [7, 11) is 0. The molecule has 0 radical (unpaired) electrons. The third-order valence-electron chi connectivity index (χ3n) is 2.75. The first-order valence-corrected chi connectivity index (χ1v) is 6.93. The van der Waals surface area contributed by atoms with Gasteiger partial charge in [-0.25, -0.2) is 0 Å². The number of carboxylic acid groups (broad SMARTS) is 1. The van der Waals surface area contributed by atoms with Crippen molar-refractivity contribution in [1.29, 1.82) is 5.41 Å². The Bertz CT molecular complexity index is 384. The molecule has 0 saturated heterocycles. The van der Waals surface area contributed by atoms with Crippen molar-refractivity contribution >= 4 is 18.2 Å². The van der Waals surface area contributed by atoms with Crippen molar-refractivity contribution in [2.24, 2.45) is 11.5 Å². The van der Waals surface area contributed by atoms with Gasteiger partial charge in [-0.15, -0.1) is 0 Å². The highest BCUT2D eigenvalue weighted by molar-refractivity contribution is 5.74. The van der Waals surface area contributed by atoms with E-state index in [2.05, 4.69) is 5.32 Å². The zero-order chi connectivity index (χ0) is 19.3. The van der Waals surface area contributed by atoms with Crippen molar-refractivity contribution in [3.05, 3.63) is 0 Å². The first-order chi connectivity index (χ1) is 11.1. The molecule has 0 fully saturated rings. The summed E-state index contributed by atoms with van der Waals surface area (Å²) in [5, 5.41) is 61.3. The molecule has 0 bridgehead atoms. The second kappa shape index (κ2) is 13.6. The molecule has 0 spiro atoms. The van der Waals surface area contributed by atoms with Crippen molar-refractivity contribution in [2.45, 2.75) is 43.3 Å². The van der Waals surface area contributed by atoms with Crippen LogP contribution in [0.2, 0.25) is 0 Å². The first-order valence-electron chi connectivity index (χ1n) is 6.93. The van der Waals surface area contributed by atoms with E-state index in [0.717, 1.165) is 0 Å². The lowest BCUT2D eigenvalue weighted by molar-refractivity contribution is -0.138. The fraction of sp³-hybridized carbons (Fsp3) is 0.750. The van der Waals surface area contributed by atoms with Crippen LogP contribution in [0.5, 0.6) is 0 Å². The summed E-state index contributed by atoms with van der Waals surface area (Å²) in [6, 6.07) is -0.821. The summed E-state index contributed by atoms with van der Waals surface area (Å²) in [4.78, 5) is 20.1. The second-order valence-electron chi connectivity index (χ2n) is 4.79. The van der Waals surface area contributed by atoms with Crippen LogP contribution in [0.1, 0.15) is 12.8 Å². The Morgan fingerprint density at radius 1 is 1.21 bits per heavy atom. The highest BCUT2D eigenvalue weighted by Crippen LogP contribution is 2.02. The number of carbonyl (C=O) groups excluding carboxylic acids is 1. The van der Waals surface area contributed by atoms with E-state index < -0.39 is 43.0 Å². The molecule has 12 heteroatoms. The Hall–Kier alpha value is -1.83. The molecule has 0 heterocycles. The van der Waals surface area contributed by atoms with Gasteiger partial charge in [0.05, 0.1) is 6.61 Å². The Labute approximate surface area is 138 Å². The van der Waals surface area contributed by atoms with Gasteiger partial charge in [-0.1, -0.05) is 0 Å². The number of nitrogens with two attached hydrogens (primary N) is 2. The third kappa shape index (κ3) is 11.7. The summed E-state index contributed by atoms with van der Waals surface area (Å²) in [6.07, 6.45) is -5.86. The lowest BCUT2D eigenvalue weighted by Gasteiger charge is -2.22. The van der Waals surface area contributed by atoms with Gasteiger partial charge in [0, 0.05) is 6.54 Å². The first kappa shape index (κ1) is 24.4. The van der Waals surface area contributed by atoms with E-state index in [4.69, 9.17) is 47.5 Å². The van der Waals surface area contributed by atoms with E-state index in [1.54, 1.807) is 0 Å². The van der Waals surface area contributed by atoms with Crippen LogP contribution in [-0.4, -0.2) is 92.5 Å². The Morgan fingerprint density at radius 3 is 2.12 bits per heavy atom. The van der Waals surface area contributed by atoms with Crippen LogP contribution >= 0.6 is 0 Å². The van der Waals surface area contributed by atoms with Crippen LogP contribution in [0.15, 0.2) is 0 Å². The SMILES string of the molecule is N=C(N)NCCC[C@H](N)C(=O)O.O=C[C@H](O)[C@@H](O)[C@H](O)[C@H](O)CO. The molecule has 12 nitrogen and oxygen atoms in total. The standard InChI is InChI=1S/C6H14N4O2.C6H12O6/c7-4(5(11)12)2-1-3-10-6(8)9;7-1-3(9)5(11)6(12)4(10)2-8/h4H,1-3,7H2,(H,11,12)(H4,8,9,10);1,3-6,8-12H,2H2/t4-;3-,4+,5+,6+/m00/s1. The normalized spacial score (nSPS) is 16.6. The van der Waals surface area contributed by atoms with Gasteiger partial charge in [-0.2, -0.15) is 0 Å². The molecule has 0 unspecified atom stereocenters. The van der Waals surface area contributed by atoms with Crippen molar-refractivity contribution in [3.8, 4) is 0 Å². The molecule has 142 valence electrons. The maximum Gasteiger partial charge on any atom is 0.320 e. The molecule has 24 heavy (non-hydrogen) atoms. The van der Waals surface area contributed by atoms with Gasteiger partial charge in [0.15, 0.2) is 12.2 Å². The molecule has 0 aliphatic heterocycles. The van der Waals surface area contributed by atoms with Gasteiger partial charge in [0.1, 0.15) is 30.5 Å². The fourth-order valence-corrected chi connectivity index (χ4v) is 1.29. The molecule has 0 aromatic rings. The zero-order valence-corrected chi connectivity index (χ0v) is 12.9.